The molecule has 2 nitrogen and oxygen atoms in total. The molecule has 0 bridgehead atoms. The quantitative estimate of drug-likeness (QED) is 0.776. The van der Waals surface area contributed by atoms with Crippen LogP contribution >= 0.6 is 15.9 Å². The Morgan fingerprint density at radius 1 is 1.53 bits per heavy atom. The average molecular weight is 274 g/mol. The zero-order chi connectivity index (χ0) is 11.4. The summed E-state index contributed by atoms with van der Waals surface area (Å²) < 4.78 is 13.3. The molecule has 1 amide bonds. The van der Waals surface area contributed by atoms with Crippen LogP contribution in [0.25, 0.3) is 0 Å². The van der Waals surface area contributed by atoms with Crippen molar-refractivity contribution in [1.29, 1.82) is 0 Å². The molecule has 4 heteroatoms. The molecule has 0 aliphatic carbocycles. The SMILES string of the molecule is CC(Br)C(=O)N(C)Cc1ccccc1F. The van der Waals surface area contributed by atoms with Crippen molar-refractivity contribution < 1.29 is 9.18 Å². The fourth-order valence-electron chi connectivity index (χ4n) is 1.26. The molecule has 0 fully saturated rings. The van der Waals surface area contributed by atoms with Crippen LogP contribution in [0.5, 0.6) is 0 Å². The maximum absolute atomic E-state index is 13.3. The molecule has 0 N–H and O–H groups in total. The summed E-state index contributed by atoms with van der Waals surface area (Å²) in [5, 5.41) is 0. The summed E-state index contributed by atoms with van der Waals surface area (Å²) >= 11 is 3.19. The predicted octanol–water partition coefficient (Wildman–Crippen LogP) is 2.57. The lowest BCUT2D eigenvalue weighted by Crippen LogP contribution is -2.31. The lowest BCUT2D eigenvalue weighted by atomic mass is 10.2. The standard InChI is InChI=1S/C11H13BrFNO/c1-8(12)11(15)14(2)7-9-5-3-4-6-10(9)13/h3-6,8H,7H2,1-2H3. The molecule has 0 radical (unpaired) electrons. The molecule has 1 aromatic carbocycles. The van der Waals surface area contributed by atoms with Crippen molar-refractivity contribution in [2.45, 2.75) is 18.3 Å². The average Bonchev–Trinajstić information content (AvgIpc) is 2.20. The first-order valence-electron chi connectivity index (χ1n) is 4.65. The van der Waals surface area contributed by atoms with Crippen molar-refractivity contribution >= 4 is 21.8 Å². The molecule has 0 saturated carbocycles. The van der Waals surface area contributed by atoms with Crippen LogP contribution in [0.15, 0.2) is 24.3 Å². The van der Waals surface area contributed by atoms with Gasteiger partial charge in [0.25, 0.3) is 0 Å². The maximum atomic E-state index is 13.3. The lowest BCUT2D eigenvalue weighted by Gasteiger charge is -2.18. The van der Waals surface area contributed by atoms with Gasteiger partial charge in [0.2, 0.25) is 5.91 Å². The van der Waals surface area contributed by atoms with Crippen molar-refractivity contribution in [3.63, 3.8) is 0 Å². The van der Waals surface area contributed by atoms with Gasteiger partial charge in [-0.05, 0) is 13.0 Å². The molecule has 82 valence electrons. The number of hydrogen-bond acceptors (Lipinski definition) is 1. The van der Waals surface area contributed by atoms with E-state index in [1.165, 1.54) is 11.0 Å². The van der Waals surface area contributed by atoms with Crippen LogP contribution in [0.4, 0.5) is 4.39 Å². The summed E-state index contributed by atoms with van der Waals surface area (Å²) in [6.45, 7) is 2.04. The number of rotatable bonds is 3. The van der Waals surface area contributed by atoms with Gasteiger partial charge in [0.05, 0.1) is 4.83 Å². The monoisotopic (exact) mass is 273 g/mol. The first kappa shape index (κ1) is 12.2. The van der Waals surface area contributed by atoms with Crippen LogP contribution in [0, 0.1) is 5.82 Å². The third kappa shape index (κ3) is 3.30. The van der Waals surface area contributed by atoms with Gasteiger partial charge in [-0.15, -0.1) is 0 Å². The molecule has 1 aromatic rings. The fraction of sp³-hybridized carbons (Fsp3) is 0.364. The number of hydrogen-bond donors (Lipinski definition) is 0. The Balaban J connectivity index is 2.71. The largest absolute Gasteiger partial charge is 0.340 e. The molecular formula is C11H13BrFNO. The van der Waals surface area contributed by atoms with E-state index in [0.717, 1.165) is 0 Å². The maximum Gasteiger partial charge on any atom is 0.236 e. The molecule has 1 atom stereocenters. The second-order valence-electron chi connectivity index (χ2n) is 3.40. The van der Waals surface area contributed by atoms with E-state index in [9.17, 15) is 9.18 Å². The van der Waals surface area contributed by atoms with Gasteiger partial charge in [0.1, 0.15) is 5.82 Å². The molecule has 1 unspecified atom stereocenters. The lowest BCUT2D eigenvalue weighted by molar-refractivity contribution is -0.129. The van der Waals surface area contributed by atoms with Crippen molar-refractivity contribution in [1.82, 2.24) is 4.90 Å². The Bertz CT molecular complexity index is 354. The highest BCUT2D eigenvalue weighted by Crippen LogP contribution is 2.11. The molecule has 0 saturated heterocycles. The highest BCUT2D eigenvalue weighted by atomic mass is 79.9. The second-order valence-corrected chi connectivity index (χ2v) is 4.78. The molecule has 15 heavy (non-hydrogen) atoms. The molecule has 0 aliphatic heterocycles. The van der Waals surface area contributed by atoms with Crippen molar-refractivity contribution in [2.24, 2.45) is 0 Å². The first-order valence-corrected chi connectivity index (χ1v) is 5.56. The molecule has 0 spiro atoms. The zero-order valence-corrected chi connectivity index (χ0v) is 10.3. The topological polar surface area (TPSA) is 20.3 Å². The third-order valence-corrected chi connectivity index (χ3v) is 2.47. The zero-order valence-electron chi connectivity index (χ0n) is 8.71. The Kier molecular flexibility index (Phi) is 4.27. The number of benzene rings is 1. The van der Waals surface area contributed by atoms with Crippen molar-refractivity contribution in [2.75, 3.05) is 7.05 Å². The minimum Gasteiger partial charge on any atom is -0.340 e. The summed E-state index contributed by atoms with van der Waals surface area (Å²) in [6.07, 6.45) is 0. The van der Waals surface area contributed by atoms with Gasteiger partial charge in [-0.25, -0.2) is 4.39 Å². The minimum atomic E-state index is -0.278. The number of alkyl halides is 1. The van der Waals surface area contributed by atoms with Gasteiger partial charge in [0, 0.05) is 19.2 Å². The van der Waals surface area contributed by atoms with Gasteiger partial charge in [-0.1, -0.05) is 34.1 Å². The van der Waals surface area contributed by atoms with E-state index in [1.54, 1.807) is 32.2 Å². The highest BCUT2D eigenvalue weighted by molar-refractivity contribution is 9.10. The van der Waals surface area contributed by atoms with E-state index in [2.05, 4.69) is 15.9 Å². The van der Waals surface area contributed by atoms with E-state index in [-0.39, 0.29) is 16.6 Å². The second kappa shape index (κ2) is 5.26. The molecule has 1 rings (SSSR count). The van der Waals surface area contributed by atoms with Crippen LogP contribution in [-0.4, -0.2) is 22.7 Å². The van der Waals surface area contributed by atoms with Gasteiger partial charge < -0.3 is 4.90 Å². The van der Waals surface area contributed by atoms with Gasteiger partial charge in [-0.2, -0.15) is 0 Å². The Morgan fingerprint density at radius 3 is 2.67 bits per heavy atom. The summed E-state index contributed by atoms with van der Waals surface area (Å²) in [4.78, 5) is 12.8. The summed E-state index contributed by atoms with van der Waals surface area (Å²) in [6, 6.07) is 6.46. The van der Waals surface area contributed by atoms with Crippen LogP contribution in [0.1, 0.15) is 12.5 Å². The van der Waals surface area contributed by atoms with Crippen LogP contribution < -0.4 is 0 Å². The summed E-state index contributed by atoms with van der Waals surface area (Å²) in [7, 11) is 1.66. The smallest absolute Gasteiger partial charge is 0.236 e. The van der Waals surface area contributed by atoms with Crippen molar-refractivity contribution in [3.05, 3.63) is 35.6 Å². The number of carbonyl (C=O) groups is 1. The van der Waals surface area contributed by atoms with E-state index < -0.39 is 0 Å². The van der Waals surface area contributed by atoms with Crippen LogP contribution in [0.3, 0.4) is 0 Å². The van der Waals surface area contributed by atoms with E-state index >= 15 is 0 Å². The van der Waals surface area contributed by atoms with Crippen LogP contribution in [-0.2, 0) is 11.3 Å². The first-order chi connectivity index (χ1) is 7.02. The van der Waals surface area contributed by atoms with Gasteiger partial charge in [-0.3, -0.25) is 4.79 Å². The highest BCUT2D eigenvalue weighted by Gasteiger charge is 2.15. The van der Waals surface area contributed by atoms with E-state index in [0.29, 0.717) is 12.1 Å². The van der Waals surface area contributed by atoms with Gasteiger partial charge in [0.15, 0.2) is 0 Å². The number of halogens is 2. The Hall–Kier alpha value is -0.900. The van der Waals surface area contributed by atoms with Gasteiger partial charge >= 0.3 is 0 Å². The van der Waals surface area contributed by atoms with Crippen LogP contribution in [0.2, 0.25) is 0 Å². The van der Waals surface area contributed by atoms with E-state index in [1.807, 2.05) is 0 Å². The number of nitrogens with zero attached hydrogens (tertiary/aromatic N) is 1. The number of amides is 1. The minimum absolute atomic E-state index is 0.0572. The summed E-state index contributed by atoms with van der Waals surface area (Å²) in [5.41, 5.74) is 0.529. The normalized spacial score (nSPS) is 12.3. The third-order valence-electron chi connectivity index (χ3n) is 2.08. The molecule has 0 aromatic heterocycles. The molecular weight excluding hydrogens is 261 g/mol. The molecule has 0 heterocycles. The number of carbonyl (C=O) groups excluding carboxylic acids is 1. The Labute approximate surface area is 97.2 Å². The molecule has 0 aliphatic rings. The Morgan fingerprint density at radius 2 is 2.13 bits per heavy atom. The van der Waals surface area contributed by atoms with E-state index in [4.69, 9.17) is 0 Å². The summed E-state index contributed by atoms with van der Waals surface area (Å²) in [5.74, 6) is -0.336. The predicted molar refractivity (Wildman–Crippen MR) is 61.3 cm³/mol. The van der Waals surface area contributed by atoms with Crippen molar-refractivity contribution in [3.8, 4) is 0 Å². The fourth-order valence-corrected chi connectivity index (χ4v) is 1.61.